The highest BCUT2D eigenvalue weighted by Crippen LogP contribution is 2.40. The van der Waals surface area contributed by atoms with Crippen molar-refractivity contribution in [3.63, 3.8) is 0 Å². The van der Waals surface area contributed by atoms with Crippen molar-refractivity contribution in [2.45, 2.75) is 6.92 Å². The van der Waals surface area contributed by atoms with Crippen molar-refractivity contribution in [3.05, 3.63) is 77.6 Å². The number of fused-ring (bicyclic) bond motifs is 1. The molecule has 9 heteroatoms. The van der Waals surface area contributed by atoms with Crippen LogP contribution >= 0.6 is 0 Å². The second-order valence-electron chi connectivity index (χ2n) is 7.48. The van der Waals surface area contributed by atoms with Crippen LogP contribution in [-0.4, -0.2) is 27.1 Å². The molecule has 7 nitrogen and oxygen atoms in total. The lowest BCUT2D eigenvalue weighted by atomic mass is 9.98. The standard InChI is InChI=1S/C25H20FN3O4S/c1-3-34(31,32)29-21-13-22-20(12-19(21)17-6-4-5-15(11-17)14-27)23(25(30)28-2)24(33-22)16-7-9-18(26)10-8-16/h4-13,29H,3H2,1-2H3,(H,28,30). The summed E-state index contributed by atoms with van der Waals surface area (Å²) in [5.74, 6) is -0.777. The molecular weight excluding hydrogens is 457 g/mol. The summed E-state index contributed by atoms with van der Waals surface area (Å²) in [7, 11) is -2.16. The van der Waals surface area contributed by atoms with Crippen LogP contribution in [0.4, 0.5) is 10.1 Å². The van der Waals surface area contributed by atoms with E-state index in [1.54, 1.807) is 30.3 Å². The van der Waals surface area contributed by atoms with Crippen molar-refractivity contribution in [3.8, 4) is 28.5 Å². The molecule has 1 aromatic heterocycles. The highest BCUT2D eigenvalue weighted by molar-refractivity contribution is 7.92. The van der Waals surface area contributed by atoms with E-state index in [-0.39, 0.29) is 28.3 Å². The number of hydrogen-bond donors (Lipinski definition) is 2. The van der Waals surface area contributed by atoms with E-state index >= 15 is 0 Å². The number of rotatable bonds is 6. The fourth-order valence-corrected chi connectivity index (χ4v) is 4.27. The summed E-state index contributed by atoms with van der Waals surface area (Å²) >= 11 is 0. The van der Waals surface area contributed by atoms with Crippen LogP contribution in [0.2, 0.25) is 0 Å². The van der Waals surface area contributed by atoms with E-state index in [0.29, 0.717) is 27.6 Å². The van der Waals surface area contributed by atoms with Crippen LogP contribution in [0.1, 0.15) is 22.8 Å². The van der Waals surface area contributed by atoms with Gasteiger partial charge in [-0.1, -0.05) is 12.1 Å². The molecule has 1 heterocycles. The third-order valence-electron chi connectivity index (χ3n) is 5.34. The minimum atomic E-state index is -3.65. The summed E-state index contributed by atoms with van der Waals surface area (Å²) in [6.45, 7) is 1.51. The minimum absolute atomic E-state index is 0.148. The predicted octanol–water partition coefficient (Wildman–Crippen LogP) is 4.90. The lowest BCUT2D eigenvalue weighted by molar-refractivity contribution is 0.0964. The molecule has 34 heavy (non-hydrogen) atoms. The first-order chi connectivity index (χ1) is 16.3. The lowest BCUT2D eigenvalue weighted by Crippen LogP contribution is -2.18. The van der Waals surface area contributed by atoms with Gasteiger partial charge >= 0.3 is 0 Å². The van der Waals surface area contributed by atoms with E-state index in [1.165, 1.54) is 44.3 Å². The molecular formula is C25H20FN3O4S. The number of hydrogen-bond acceptors (Lipinski definition) is 5. The molecule has 1 amide bonds. The van der Waals surface area contributed by atoms with Gasteiger partial charge in [-0.15, -0.1) is 0 Å². The van der Waals surface area contributed by atoms with Crippen molar-refractivity contribution >= 4 is 32.6 Å². The van der Waals surface area contributed by atoms with E-state index in [1.807, 2.05) is 0 Å². The number of amides is 1. The molecule has 0 saturated carbocycles. The number of carbonyl (C=O) groups excluding carboxylic acids is 1. The Kier molecular flexibility index (Phi) is 6.09. The second kappa shape index (κ2) is 9.00. The number of halogens is 1. The van der Waals surface area contributed by atoms with Crippen molar-refractivity contribution in [2.24, 2.45) is 0 Å². The van der Waals surface area contributed by atoms with Gasteiger partial charge in [0.15, 0.2) is 0 Å². The van der Waals surface area contributed by atoms with Gasteiger partial charge in [-0.3, -0.25) is 9.52 Å². The monoisotopic (exact) mass is 477 g/mol. The molecule has 172 valence electrons. The molecule has 2 N–H and O–H groups in total. The molecule has 3 aromatic carbocycles. The zero-order valence-corrected chi connectivity index (χ0v) is 19.2. The first kappa shape index (κ1) is 23.0. The van der Waals surface area contributed by atoms with Crippen LogP contribution in [0.5, 0.6) is 0 Å². The Labute approximate surface area is 195 Å². The van der Waals surface area contributed by atoms with Crippen LogP contribution in [0.15, 0.2) is 65.1 Å². The number of nitrogens with one attached hydrogen (secondary N) is 2. The highest BCUT2D eigenvalue weighted by Gasteiger charge is 2.24. The number of furan rings is 1. The van der Waals surface area contributed by atoms with Crippen LogP contribution in [0.25, 0.3) is 33.4 Å². The van der Waals surface area contributed by atoms with Crippen molar-refractivity contribution < 1.29 is 22.0 Å². The van der Waals surface area contributed by atoms with E-state index in [2.05, 4.69) is 16.1 Å². The Bertz CT molecular complexity index is 1550. The van der Waals surface area contributed by atoms with Crippen molar-refractivity contribution in [1.29, 1.82) is 5.26 Å². The first-order valence-electron chi connectivity index (χ1n) is 10.4. The van der Waals surface area contributed by atoms with E-state index in [9.17, 15) is 22.9 Å². The molecule has 0 unspecified atom stereocenters. The Balaban J connectivity index is 2.05. The molecule has 0 aliphatic heterocycles. The van der Waals surface area contributed by atoms with Crippen molar-refractivity contribution in [2.75, 3.05) is 17.5 Å². The number of sulfonamides is 1. The minimum Gasteiger partial charge on any atom is -0.455 e. The Hall–Kier alpha value is -4.16. The van der Waals surface area contributed by atoms with Gasteiger partial charge in [0.05, 0.1) is 28.6 Å². The summed E-state index contributed by atoms with van der Waals surface area (Å²) < 4.78 is 46.8. The molecule has 4 aromatic rings. The van der Waals surface area contributed by atoms with Gasteiger partial charge in [-0.05, 0) is 55.0 Å². The van der Waals surface area contributed by atoms with Crippen LogP contribution < -0.4 is 10.0 Å². The number of carbonyl (C=O) groups is 1. The highest BCUT2D eigenvalue weighted by atomic mass is 32.2. The normalized spacial score (nSPS) is 11.2. The van der Waals surface area contributed by atoms with Crippen LogP contribution in [0, 0.1) is 17.1 Å². The van der Waals surface area contributed by atoms with E-state index < -0.39 is 21.7 Å². The number of nitrogens with zero attached hydrogens (tertiary/aromatic N) is 1. The summed E-state index contributed by atoms with van der Waals surface area (Å²) in [6, 6.07) is 17.4. The number of nitriles is 1. The lowest BCUT2D eigenvalue weighted by Gasteiger charge is -2.13. The topological polar surface area (TPSA) is 112 Å². The fourth-order valence-electron chi connectivity index (χ4n) is 3.62. The first-order valence-corrected chi connectivity index (χ1v) is 12.0. The third-order valence-corrected chi connectivity index (χ3v) is 6.63. The van der Waals surface area contributed by atoms with Gasteiger partial charge in [0, 0.05) is 29.6 Å². The van der Waals surface area contributed by atoms with Gasteiger partial charge < -0.3 is 9.73 Å². The SMILES string of the molecule is CCS(=O)(=O)Nc1cc2oc(-c3ccc(F)cc3)c(C(=O)NC)c2cc1-c1cccc(C#N)c1. The average molecular weight is 478 g/mol. The van der Waals surface area contributed by atoms with Gasteiger partial charge in [-0.25, -0.2) is 12.8 Å². The molecule has 0 bridgehead atoms. The van der Waals surface area contributed by atoms with Gasteiger partial charge in [0.1, 0.15) is 17.2 Å². The fraction of sp³-hybridized carbons (Fsp3) is 0.120. The van der Waals surface area contributed by atoms with Crippen LogP contribution in [-0.2, 0) is 10.0 Å². The Morgan fingerprint density at radius 2 is 1.82 bits per heavy atom. The average Bonchev–Trinajstić information content (AvgIpc) is 3.21. The van der Waals surface area contributed by atoms with Gasteiger partial charge in [0.2, 0.25) is 10.0 Å². The molecule has 4 rings (SSSR count). The van der Waals surface area contributed by atoms with Gasteiger partial charge in [-0.2, -0.15) is 5.26 Å². The maximum atomic E-state index is 13.5. The van der Waals surface area contributed by atoms with Crippen molar-refractivity contribution in [1.82, 2.24) is 5.32 Å². The zero-order valence-electron chi connectivity index (χ0n) is 18.3. The molecule has 0 spiro atoms. The Morgan fingerprint density at radius 3 is 2.47 bits per heavy atom. The second-order valence-corrected chi connectivity index (χ2v) is 9.50. The van der Waals surface area contributed by atoms with E-state index in [4.69, 9.17) is 4.42 Å². The summed E-state index contributed by atoms with van der Waals surface area (Å²) in [5.41, 5.74) is 2.68. The number of benzene rings is 3. The quantitative estimate of drug-likeness (QED) is 0.410. The smallest absolute Gasteiger partial charge is 0.255 e. The van der Waals surface area contributed by atoms with E-state index in [0.717, 1.165) is 0 Å². The molecule has 0 atom stereocenters. The molecule has 0 fully saturated rings. The largest absolute Gasteiger partial charge is 0.455 e. The number of anilines is 1. The molecule has 0 radical (unpaired) electrons. The summed E-state index contributed by atoms with van der Waals surface area (Å²) in [6.07, 6.45) is 0. The Morgan fingerprint density at radius 1 is 1.09 bits per heavy atom. The molecule has 0 saturated heterocycles. The summed E-state index contributed by atoms with van der Waals surface area (Å²) in [5, 5.41) is 12.3. The zero-order chi connectivity index (χ0) is 24.5. The predicted molar refractivity (Wildman–Crippen MR) is 128 cm³/mol. The maximum Gasteiger partial charge on any atom is 0.255 e. The van der Waals surface area contributed by atoms with Gasteiger partial charge in [0.25, 0.3) is 5.91 Å². The molecule has 0 aliphatic carbocycles. The summed E-state index contributed by atoms with van der Waals surface area (Å²) in [4.78, 5) is 12.9. The van der Waals surface area contributed by atoms with Crippen LogP contribution in [0.3, 0.4) is 0 Å². The third kappa shape index (κ3) is 4.36. The maximum absolute atomic E-state index is 13.5. The molecule has 0 aliphatic rings.